The third kappa shape index (κ3) is 3.79. The number of phenols is 1. The summed E-state index contributed by atoms with van der Waals surface area (Å²) in [5, 5.41) is 13.9. The van der Waals surface area contributed by atoms with Gasteiger partial charge in [-0.25, -0.2) is 0 Å². The van der Waals surface area contributed by atoms with Crippen LogP contribution in [0.1, 0.15) is 11.1 Å². The number of aromatic hydroxyl groups is 1. The van der Waals surface area contributed by atoms with Gasteiger partial charge in [0, 0.05) is 15.6 Å². The van der Waals surface area contributed by atoms with E-state index in [0.717, 1.165) is 15.6 Å². The molecule has 0 heterocycles. The van der Waals surface area contributed by atoms with Gasteiger partial charge >= 0.3 is 0 Å². The molecule has 4 N–H and O–H groups in total. The molecule has 0 aromatic heterocycles. The van der Waals surface area contributed by atoms with Crippen molar-refractivity contribution in [3.05, 3.63) is 64.1 Å². The Labute approximate surface area is 130 Å². The summed E-state index contributed by atoms with van der Waals surface area (Å²) in [6.07, 6.45) is 0. The minimum atomic E-state index is 0.0812. The Kier molecular flexibility index (Phi) is 4.70. The number of hydrogen-bond acceptors (Lipinski definition) is 3. The second kappa shape index (κ2) is 6.49. The molecule has 0 bridgehead atoms. The van der Waals surface area contributed by atoms with Crippen molar-refractivity contribution in [3.63, 3.8) is 0 Å². The molecule has 102 valence electrons. The van der Waals surface area contributed by atoms with Crippen LogP contribution in [0.25, 0.3) is 0 Å². The lowest BCUT2D eigenvalue weighted by Crippen LogP contribution is -2.26. The van der Waals surface area contributed by atoms with E-state index in [1.165, 1.54) is 0 Å². The van der Waals surface area contributed by atoms with Gasteiger partial charge in [0.25, 0.3) is 0 Å². The smallest absolute Gasteiger partial charge is 0.184 e. The number of nitrogens with two attached hydrogens (primary N) is 1. The van der Waals surface area contributed by atoms with Crippen LogP contribution in [0.2, 0.25) is 0 Å². The predicted molar refractivity (Wildman–Crippen MR) is 87.8 cm³/mol. The van der Waals surface area contributed by atoms with Crippen LogP contribution in [0.3, 0.4) is 0 Å². The molecule has 2 aromatic rings. The number of halogens is 1. The maximum absolute atomic E-state index is 9.61. The number of nitrogens with zero attached hydrogens (tertiary/aromatic N) is 1. The van der Waals surface area contributed by atoms with Crippen LogP contribution in [-0.2, 0) is 0 Å². The van der Waals surface area contributed by atoms with Gasteiger partial charge in [0.2, 0.25) is 0 Å². The molecule has 0 fully saturated rings. The molecule has 0 saturated heterocycles. The van der Waals surface area contributed by atoms with Crippen molar-refractivity contribution >= 4 is 39.0 Å². The molecular weight excluding hydrogens is 338 g/mol. The van der Waals surface area contributed by atoms with Crippen molar-refractivity contribution in [1.29, 1.82) is 0 Å². The number of hydrazone groups is 1. The summed E-state index contributed by atoms with van der Waals surface area (Å²) < 4.78 is 0.929. The molecule has 0 radical (unpaired) electrons. The monoisotopic (exact) mass is 349 g/mol. The summed E-state index contributed by atoms with van der Waals surface area (Å²) in [6.45, 7) is 0. The van der Waals surface area contributed by atoms with E-state index in [-0.39, 0.29) is 10.9 Å². The summed E-state index contributed by atoms with van der Waals surface area (Å²) in [4.78, 5) is 0. The fraction of sp³-hybridized carbons (Fsp3) is 0. The fourth-order valence-electron chi connectivity index (χ4n) is 1.70. The molecule has 0 amide bonds. The highest BCUT2D eigenvalue weighted by molar-refractivity contribution is 9.10. The topological polar surface area (TPSA) is 70.6 Å². The minimum absolute atomic E-state index is 0.0812. The Morgan fingerprint density at radius 1 is 1.15 bits per heavy atom. The number of benzene rings is 2. The molecule has 2 rings (SSSR count). The summed E-state index contributed by atoms with van der Waals surface area (Å²) in [6, 6.07) is 14.5. The largest absolute Gasteiger partial charge is 0.508 e. The average Bonchev–Trinajstić information content (AvgIpc) is 2.39. The molecule has 20 heavy (non-hydrogen) atoms. The van der Waals surface area contributed by atoms with Gasteiger partial charge in [0.15, 0.2) is 5.11 Å². The van der Waals surface area contributed by atoms with Crippen LogP contribution in [0.15, 0.2) is 58.1 Å². The van der Waals surface area contributed by atoms with Crippen molar-refractivity contribution in [2.75, 3.05) is 0 Å². The van der Waals surface area contributed by atoms with E-state index in [1.54, 1.807) is 18.2 Å². The van der Waals surface area contributed by atoms with E-state index in [0.29, 0.717) is 5.71 Å². The van der Waals surface area contributed by atoms with Crippen LogP contribution in [0.5, 0.6) is 5.75 Å². The quantitative estimate of drug-likeness (QED) is 0.452. The van der Waals surface area contributed by atoms with Gasteiger partial charge in [-0.2, -0.15) is 5.10 Å². The molecule has 6 heteroatoms. The normalized spacial score (nSPS) is 11.2. The maximum Gasteiger partial charge on any atom is 0.184 e. The molecule has 0 aliphatic heterocycles. The van der Waals surface area contributed by atoms with Crippen molar-refractivity contribution in [3.8, 4) is 5.75 Å². The van der Waals surface area contributed by atoms with Gasteiger partial charge in [-0.15, -0.1) is 0 Å². The van der Waals surface area contributed by atoms with Crippen molar-refractivity contribution in [2.24, 2.45) is 10.8 Å². The van der Waals surface area contributed by atoms with Crippen LogP contribution in [0.4, 0.5) is 0 Å². The SMILES string of the molecule is NC(=S)N/N=C(/c1cccc(O)c1)c1cccc(Br)c1. The minimum Gasteiger partial charge on any atom is -0.508 e. The second-order valence-corrected chi connectivity index (χ2v) is 5.35. The fourth-order valence-corrected chi connectivity index (χ4v) is 2.14. The zero-order chi connectivity index (χ0) is 14.5. The Balaban J connectivity index is 2.50. The summed E-state index contributed by atoms with van der Waals surface area (Å²) in [5.74, 6) is 0.167. The Morgan fingerprint density at radius 3 is 2.40 bits per heavy atom. The van der Waals surface area contributed by atoms with E-state index in [1.807, 2.05) is 30.3 Å². The summed E-state index contributed by atoms with van der Waals surface area (Å²) in [5.41, 5.74) is 10.3. The standard InChI is InChI=1S/C14H12BrN3OS/c15-11-5-1-3-9(7-11)13(17-18-14(16)20)10-4-2-6-12(19)8-10/h1-8,19H,(H3,16,18,20)/b17-13+. The van der Waals surface area contributed by atoms with E-state index in [4.69, 9.17) is 18.0 Å². The van der Waals surface area contributed by atoms with Crippen molar-refractivity contribution < 1.29 is 5.11 Å². The van der Waals surface area contributed by atoms with Crippen LogP contribution in [-0.4, -0.2) is 15.9 Å². The Hall–Kier alpha value is -1.92. The highest BCUT2D eigenvalue weighted by Crippen LogP contribution is 2.18. The number of phenolic OH excluding ortho intramolecular Hbond substituents is 1. The van der Waals surface area contributed by atoms with Crippen LogP contribution < -0.4 is 11.2 Å². The second-order valence-electron chi connectivity index (χ2n) is 4.00. The van der Waals surface area contributed by atoms with Crippen LogP contribution in [0, 0.1) is 0 Å². The zero-order valence-electron chi connectivity index (χ0n) is 10.4. The Bertz CT molecular complexity index is 625. The molecule has 0 unspecified atom stereocenters. The van der Waals surface area contributed by atoms with E-state index in [2.05, 4.69) is 26.5 Å². The number of nitrogens with one attached hydrogen (secondary N) is 1. The van der Waals surface area contributed by atoms with Gasteiger partial charge in [-0.05, 0) is 36.5 Å². The van der Waals surface area contributed by atoms with Crippen molar-refractivity contribution in [1.82, 2.24) is 5.43 Å². The first-order valence-electron chi connectivity index (χ1n) is 5.75. The first-order chi connectivity index (χ1) is 9.56. The van der Waals surface area contributed by atoms with Gasteiger partial charge in [0.05, 0.1) is 5.71 Å². The molecular formula is C14H12BrN3OS. The summed E-state index contributed by atoms with van der Waals surface area (Å²) in [7, 11) is 0. The Morgan fingerprint density at radius 2 is 1.80 bits per heavy atom. The van der Waals surface area contributed by atoms with Gasteiger partial charge in [-0.1, -0.05) is 40.2 Å². The highest BCUT2D eigenvalue weighted by atomic mass is 79.9. The van der Waals surface area contributed by atoms with Gasteiger partial charge in [0.1, 0.15) is 5.75 Å². The molecule has 2 aromatic carbocycles. The average molecular weight is 350 g/mol. The van der Waals surface area contributed by atoms with Gasteiger partial charge < -0.3 is 10.8 Å². The number of rotatable bonds is 3. The lowest BCUT2D eigenvalue weighted by molar-refractivity contribution is 0.475. The van der Waals surface area contributed by atoms with Gasteiger partial charge in [-0.3, -0.25) is 5.43 Å². The molecule has 0 aliphatic carbocycles. The first kappa shape index (κ1) is 14.5. The lowest BCUT2D eigenvalue weighted by atomic mass is 10.0. The number of hydrogen-bond donors (Lipinski definition) is 3. The van der Waals surface area contributed by atoms with E-state index < -0.39 is 0 Å². The lowest BCUT2D eigenvalue weighted by Gasteiger charge is -2.08. The molecule has 0 spiro atoms. The van der Waals surface area contributed by atoms with E-state index in [9.17, 15) is 5.11 Å². The maximum atomic E-state index is 9.61. The first-order valence-corrected chi connectivity index (χ1v) is 6.95. The molecule has 4 nitrogen and oxygen atoms in total. The number of thiocarbonyl (C=S) groups is 1. The highest BCUT2D eigenvalue weighted by Gasteiger charge is 2.08. The molecule has 0 atom stereocenters. The van der Waals surface area contributed by atoms with E-state index >= 15 is 0 Å². The third-order valence-corrected chi connectivity index (χ3v) is 3.08. The zero-order valence-corrected chi connectivity index (χ0v) is 12.8. The van der Waals surface area contributed by atoms with Crippen LogP contribution >= 0.6 is 28.1 Å². The molecule has 0 saturated carbocycles. The molecule has 0 aliphatic rings. The predicted octanol–water partition coefficient (Wildman–Crippen LogP) is 2.74. The third-order valence-electron chi connectivity index (χ3n) is 2.50. The summed E-state index contributed by atoms with van der Waals surface area (Å²) >= 11 is 8.19. The van der Waals surface area contributed by atoms with Crippen molar-refractivity contribution in [2.45, 2.75) is 0 Å².